The first-order valence-corrected chi connectivity index (χ1v) is 8.42. The number of nitrogens with one attached hydrogen (secondary N) is 1. The Bertz CT molecular complexity index is 1050. The summed E-state index contributed by atoms with van der Waals surface area (Å²) in [6.07, 6.45) is 1.36. The van der Waals surface area contributed by atoms with Crippen LogP contribution in [0.5, 0.6) is 11.5 Å². The van der Waals surface area contributed by atoms with Gasteiger partial charge in [-0.1, -0.05) is 18.2 Å². The molecule has 7 heteroatoms. The Labute approximate surface area is 156 Å². The Morgan fingerprint density at radius 3 is 2.37 bits per heavy atom. The lowest BCUT2D eigenvalue weighted by Crippen LogP contribution is -2.28. The first kappa shape index (κ1) is 18.4. The maximum absolute atomic E-state index is 12.8. The summed E-state index contributed by atoms with van der Waals surface area (Å²) in [4.78, 5) is 29.5. The molecule has 0 saturated carbocycles. The van der Waals surface area contributed by atoms with Gasteiger partial charge in [0.25, 0.3) is 5.56 Å². The van der Waals surface area contributed by atoms with Gasteiger partial charge in [-0.15, -0.1) is 0 Å². The Hall–Kier alpha value is -3.35. The number of fused-ring (bicyclic) bond motifs is 1. The van der Waals surface area contributed by atoms with Crippen LogP contribution in [-0.2, 0) is 11.3 Å². The number of nitrogens with zero attached hydrogens (tertiary/aromatic N) is 2. The second-order valence-electron chi connectivity index (χ2n) is 6.22. The second kappa shape index (κ2) is 7.49. The number of methoxy groups -OCH3 is 2. The van der Waals surface area contributed by atoms with Gasteiger partial charge in [0.2, 0.25) is 5.91 Å². The number of benzene rings is 2. The molecule has 0 fully saturated rings. The summed E-state index contributed by atoms with van der Waals surface area (Å²) >= 11 is 0. The molecule has 1 heterocycles. The van der Waals surface area contributed by atoms with Gasteiger partial charge in [0.15, 0.2) is 11.5 Å². The molecule has 2 aromatic carbocycles. The maximum Gasteiger partial charge on any atom is 0.261 e. The van der Waals surface area contributed by atoms with E-state index in [0.717, 1.165) is 16.8 Å². The molecule has 0 unspecified atom stereocenters. The van der Waals surface area contributed by atoms with Crippen molar-refractivity contribution in [3.63, 3.8) is 0 Å². The van der Waals surface area contributed by atoms with E-state index in [1.54, 1.807) is 12.1 Å². The smallest absolute Gasteiger partial charge is 0.261 e. The van der Waals surface area contributed by atoms with Crippen molar-refractivity contribution in [2.24, 2.45) is 0 Å². The zero-order chi connectivity index (χ0) is 19.6. The van der Waals surface area contributed by atoms with Crippen molar-refractivity contribution in [3.05, 3.63) is 58.1 Å². The van der Waals surface area contributed by atoms with Crippen LogP contribution in [0.4, 0.5) is 5.69 Å². The first-order chi connectivity index (χ1) is 12.9. The van der Waals surface area contributed by atoms with Gasteiger partial charge >= 0.3 is 0 Å². The number of rotatable bonds is 5. The highest BCUT2D eigenvalue weighted by atomic mass is 16.5. The van der Waals surface area contributed by atoms with Crippen LogP contribution in [0.1, 0.15) is 11.1 Å². The van der Waals surface area contributed by atoms with Crippen LogP contribution in [-0.4, -0.2) is 29.7 Å². The molecule has 0 saturated heterocycles. The molecular weight excluding hydrogens is 346 g/mol. The zero-order valence-electron chi connectivity index (χ0n) is 15.7. The van der Waals surface area contributed by atoms with E-state index < -0.39 is 0 Å². The SMILES string of the molecule is COc1cc2ncn(CC(=O)Nc3c(C)cccc3C)c(=O)c2cc1OC. The summed E-state index contributed by atoms with van der Waals surface area (Å²) < 4.78 is 11.8. The Kier molecular flexibility index (Phi) is 5.12. The van der Waals surface area contributed by atoms with Gasteiger partial charge in [-0.05, 0) is 31.0 Å². The number of aryl methyl sites for hydroxylation is 2. The highest BCUT2D eigenvalue weighted by Gasteiger charge is 2.13. The van der Waals surface area contributed by atoms with Crippen molar-refractivity contribution in [2.45, 2.75) is 20.4 Å². The number of amides is 1. The number of hydrogen-bond acceptors (Lipinski definition) is 5. The lowest BCUT2D eigenvalue weighted by molar-refractivity contribution is -0.116. The number of aromatic nitrogens is 2. The Morgan fingerprint density at radius 1 is 1.11 bits per heavy atom. The molecule has 0 aliphatic rings. The number of para-hydroxylation sites is 1. The number of carbonyl (C=O) groups excluding carboxylic acids is 1. The molecule has 0 atom stereocenters. The van der Waals surface area contributed by atoms with E-state index in [0.29, 0.717) is 22.4 Å². The molecule has 1 N–H and O–H groups in total. The monoisotopic (exact) mass is 367 g/mol. The van der Waals surface area contributed by atoms with E-state index in [1.807, 2.05) is 32.0 Å². The van der Waals surface area contributed by atoms with Gasteiger partial charge in [-0.25, -0.2) is 4.98 Å². The first-order valence-electron chi connectivity index (χ1n) is 8.42. The fraction of sp³-hybridized carbons (Fsp3) is 0.250. The molecule has 0 aliphatic heterocycles. The molecule has 0 radical (unpaired) electrons. The lowest BCUT2D eigenvalue weighted by atomic mass is 10.1. The van der Waals surface area contributed by atoms with Gasteiger partial charge in [0.05, 0.1) is 31.4 Å². The molecule has 1 aromatic heterocycles. The van der Waals surface area contributed by atoms with Crippen molar-refractivity contribution in [3.8, 4) is 11.5 Å². The van der Waals surface area contributed by atoms with Gasteiger partial charge in [-0.2, -0.15) is 0 Å². The largest absolute Gasteiger partial charge is 0.493 e. The highest BCUT2D eigenvalue weighted by molar-refractivity contribution is 5.92. The Morgan fingerprint density at radius 2 is 1.74 bits per heavy atom. The van der Waals surface area contributed by atoms with E-state index in [4.69, 9.17) is 9.47 Å². The molecule has 7 nitrogen and oxygen atoms in total. The summed E-state index contributed by atoms with van der Waals surface area (Å²) in [6, 6.07) is 8.98. The zero-order valence-corrected chi connectivity index (χ0v) is 15.7. The molecule has 0 spiro atoms. The third kappa shape index (κ3) is 3.62. The molecule has 140 valence electrons. The predicted molar refractivity (Wildman–Crippen MR) is 104 cm³/mol. The van der Waals surface area contributed by atoms with E-state index in [2.05, 4.69) is 10.3 Å². The minimum Gasteiger partial charge on any atom is -0.493 e. The quantitative estimate of drug-likeness (QED) is 0.750. The van der Waals surface area contributed by atoms with Gasteiger partial charge in [-0.3, -0.25) is 14.2 Å². The fourth-order valence-corrected chi connectivity index (χ4v) is 2.94. The summed E-state index contributed by atoms with van der Waals surface area (Å²) in [5.41, 5.74) is 2.84. The number of hydrogen-bond donors (Lipinski definition) is 1. The van der Waals surface area contributed by atoms with Crippen LogP contribution >= 0.6 is 0 Å². The summed E-state index contributed by atoms with van der Waals surface area (Å²) in [6.45, 7) is 3.71. The highest BCUT2D eigenvalue weighted by Crippen LogP contribution is 2.29. The van der Waals surface area contributed by atoms with Crippen LogP contribution in [0.3, 0.4) is 0 Å². The predicted octanol–water partition coefficient (Wildman–Crippen LogP) is 2.67. The third-order valence-electron chi connectivity index (χ3n) is 4.39. The molecule has 1 amide bonds. The molecule has 27 heavy (non-hydrogen) atoms. The maximum atomic E-state index is 12.8. The minimum atomic E-state index is -0.322. The lowest BCUT2D eigenvalue weighted by Gasteiger charge is -2.13. The van der Waals surface area contributed by atoms with Gasteiger partial charge in [0.1, 0.15) is 6.54 Å². The Balaban J connectivity index is 1.92. The third-order valence-corrected chi connectivity index (χ3v) is 4.39. The summed E-state index contributed by atoms with van der Waals surface area (Å²) in [5, 5.41) is 3.23. The van der Waals surface area contributed by atoms with Crippen LogP contribution in [0, 0.1) is 13.8 Å². The van der Waals surface area contributed by atoms with Crippen molar-refractivity contribution in [1.29, 1.82) is 0 Å². The topological polar surface area (TPSA) is 82.5 Å². The molecule has 3 rings (SSSR count). The van der Waals surface area contributed by atoms with Crippen molar-refractivity contribution in [1.82, 2.24) is 9.55 Å². The second-order valence-corrected chi connectivity index (χ2v) is 6.22. The van der Waals surface area contributed by atoms with E-state index >= 15 is 0 Å². The molecule has 3 aromatic rings. The van der Waals surface area contributed by atoms with E-state index in [-0.39, 0.29) is 18.0 Å². The van der Waals surface area contributed by atoms with Crippen LogP contribution in [0.2, 0.25) is 0 Å². The van der Waals surface area contributed by atoms with E-state index in [9.17, 15) is 9.59 Å². The van der Waals surface area contributed by atoms with Crippen LogP contribution in [0.15, 0.2) is 41.5 Å². The standard InChI is InChI=1S/C20H21N3O4/c1-12-6-5-7-13(2)19(12)22-18(24)10-23-11-21-15-9-17(27-4)16(26-3)8-14(15)20(23)25/h5-9,11H,10H2,1-4H3,(H,22,24). The van der Waals surface area contributed by atoms with Gasteiger partial charge < -0.3 is 14.8 Å². The molecule has 0 aliphatic carbocycles. The molecular formula is C20H21N3O4. The minimum absolute atomic E-state index is 0.135. The van der Waals surface area contributed by atoms with Crippen LogP contribution in [0.25, 0.3) is 10.9 Å². The van der Waals surface area contributed by atoms with Crippen molar-refractivity contribution < 1.29 is 14.3 Å². The van der Waals surface area contributed by atoms with Crippen LogP contribution < -0.4 is 20.3 Å². The normalized spacial score (nSPS) is 10.7. The fourth-order valence-electron chi connectivity index (χ4n) is 2.94. The van der Waals surface area contributed by atoms with Crippen molar-refractivity contribution >= 4 is 22.5 Å². The van der Waals surface area contributed by atoms with Crippen molar-refractivity contribution in [2.75, 3.05) is 19.5 Å². The molecule has 0 bridgehead atoms. The average Bonchev–Trinajstić information content (AvgIpc) is 2.66. The summed E-state index contributed by atoms with van der Waals surface area (Å²) in [5.74, 6) is 0.625. The number of carbonyl (C=O) groups is 1. The van der Waals surface area contributed by atoms with E-state index in [1.165, 1.54) is 25.1 Å². The number of ether oxygens (including phenoxy) is 2. The average molecular weight is 367 g/mol. The summed E-state index contributed by atoms with van der Waals surface area (Å²) in [7, 11) is 3.01. The van der Waals surface area contributed by atoms with Gasteiger partial charge in [0, 0.05) is 11.8 Å². The number of anilines is 1.